The molecule has 8 rings (SSSR count). The molecule has 4 aromatic rings. The number of carbonyl (C=O) groups excluding carboxylic acids is 2. The van der Waals surface area contributed by atoms with E-state index in [0.29, 0.717) is 36.8 Å². The summed E-state index contributed by atoms with van der Waals surface area (Å²) in [6, 6.07) is 24.4. The van der Waals surface area contributed by atoms with Gasteiger partial charge >= 0.3 is 18.2 Å². The van der Waals surface area contributed by atoms with Crippen LogP contribution in [0.25, 0.3) is 11.0 Å². The molecule has 3 saturated heterocycles. The van der Waals surface area contributed by atoms with Crippen LogP contribution in [0.15, 0.2) is 77.7 Å². The molecule has 0 radical (unpaired) electrons. The number of alkyl halides is 3. The fourth-order valence-corrected chi connectivity index (χ4v) is 9.96. The SMILES string of the molecule is Cc1nc2ccccc2n1C1C[C@H]2CC[C@@H](C1)N2CCC1(c2ccccc2)CCN(C(=O)c2ccc3c(c2)NC(=O)NS3(=O)=O)CC1.O=C(O)C(F)(F)F. The minimum Gasteiger partial charge on any atom is -0.475 e. The molecule has 12 nitrogen and oxygen atoms in total. The second-order valence-electron chi connectivity index (χ2n) is 14.5. The van der Waals surface area contributed by atoms with Crippen molar-refractivity contribution in [1.82, 2.24) is 24.1 Å². The van der Waals surface area contributed by atoms with Gasteiger partial charge < -0.3 is 19.9 Å². The number of fused-ring (bicyclic) bond motifs is 4. The lowest BCUT2D eigenvalue weighted by Gasteiger charge is -2.45. The van der Waals surface area contributed by atoms with E-state index >= 15 is 0 Å². The third-order valence-electron chi connectivity index (χ3n) is 11.5. The normalized spacial score (nSPS) is 23.1. The Morgan fingerprint density at radius 2 is 1.57 bits per heavy atom. The van der Waals surface area contributed by atoms with Crippen molar-refractivity contribution in [2.45, 2.75) is 86.5 Å². The third-order valence-corrected chi connectivity index (χ3v) is 12.9. The molecular formula is C38H41F3N6O6S. The van der Waals surface area contributed by atoms with Gasteiger partial charge in [-0.2, -0.15) is 13.2 Å². The predicted molar refractivity (Wildman–Crippen MR) is 194 cm³/mol. The molecule has 0 aliphatic carbocycles. The number of imidazole rings is 1. The summed E-state index contributed by atoms with van der Waals surface area (Å²) in [5, 5.41) is 9.65. The van der Waals surface area contributed by atoms with Crippen molar-refractivity contribution >= 4 is 44.7 Å². The molecule has 0 saturated carbocycles. The van der Waals surface area contributed by atoms with Crippen molar-refractivity contribution in [2.24, 2.45) is 0 Å². The van der Waals surface area contributed by atoms with Crippen LogP contribution in [0.2, 0.25) is 0 Å². The van der Waals surface area contributed by atoms with Crippen LogP contribution in [0.1, 0.15) is 72.7 Å². The number of benzene rings is 3. The van der Waals surface area contributed by atoms with Gasteiger partial charge in [-0.3, -0.25) is 9.69 Å². The molecule has 3 fully saturated rings. The topological polar surface area (TPSA) is 154 Å². The molecule has 2 bridgehead atoms. The second kappa shape index (κ2) is 14.4. The van der Waals surface area contributed by atoms with Gasteiger partial charge in [-0.25, -0.2) is 27.7 Å². The van der Waals surface area contributed by atoms with Gasteiger partial charge in [0, 0.05) is 36.8 Å². The quantitative estimate of drug-likeness (QED) is 0.209. The van der Waals surface area contributed by atoms with E-state index in [0.717, 1.165) is 50.0 Å². The zero-order chi connectivity index (χ0) is 38.4. The van der Waals surface area contributed by atoms with Crippen LogP contribution in [0, 0.1) is 6.92 Å². The van der Waals surface area contributed by atoms with Crippen molar-refractivity contribution in [1.29, 1.82) is 0 Å². The zero-order valence-corrected chi connectivity index (χ0v) is 30.4. The first-order chi connectivity index (χ1) is 25.6. The molecule has 0 spiro atoms. The number of nitrogens with zero attached hydrogens (tertiary/aromatic N) is 4. The summed E-state index contributed by atoms with van der Waals surface area (Å²) in [7, 11) is -3.94. The van der Waals surface area contributed by atoms with Crippen LogP contribution in [0.4, 0.5) is 23.7 Å². The molecule has 3 atom stereocenters. The number of nitrogens with one attached hydrogen (secondary N) is 2. The first-order valence-corrected chi connectivity index (χ1v) is 19.5. The highest BCUT2D eigenvalue weighted by molar-refractivity contribution is 7.90. The summed E-state index contributed by atoms with van der Waals surface area (Å²) in [5.41, 5.74) is 4.13. The molecule has 3 aromatic carbocycles. The maximum absolute atomic E-state index is 13.6. The molecule has 5 heterocycles. The number of piperidine rings is 2. The number of carboxylic acids is 1. The Labute approximate surface area is 310 Å². The van der Waals surface area contributed by atoms with Gasteiger partial charge in [-0.05, 0) is 99.7 Å². The predicted octanol–water partition coefficient (Wildman–Crippen LogP) is 6.23. The Bertz CT molecular complexity index is 2170. The number of carboxylic acid groups (broad SMARTS) is 1. The Hall–Kier alpha value is -4.96. The van der Waals surface area contributed by atoms with E-state index in [4.69, 9.17) is 14.9 Å². The minimum atomic E-state index is -5.08. The van der Waals surface area contributed by atoms with Crippen LogP contribution in [-0.4, -0.2) is 88.7 Å². The molecule has 4 aliphatic rings. The summed E-state index contributed by atoms with van der Waals surface area (Å²) in [5.74, 6) is -1.80. The summed E-state index contributed by atoms with van der Waals surface area (Å²) >= 11 is 0. The molecule has 3 N–H and O–H groups in total. The second-order valence-corrected chi connectivity index (χ2v) is 16.2. The van der Waals surface area contributed by atoms with E-state index in [1.165, 1.54) is 42.1 Å². The van der Waals surface area contributed by atoms with Gasteiger partial charge in [0.2, 0.25) is 0 Å². The lowest BCUT2D eigenvalue weighted by molar-refractivity contribution is -0.192. The van der Waals surface area contributed by atoms with E-state index in [1.807, 2.05) is 9.62 Å². The number of hydrogen-bond donors (Lipinski definition) is 3. The summed E-state index contributed by atoms with van der Waals surface area (Å²) in [6.45, 7) is 4.40. The van der Waals surface area contributed by atoms with Crippen molar-refractivity contribution in [3.8, 4) is 0 Å². The monoisotopic (exact) mass is 766 g/mol. The maximum atomic E-state index is 13.6. The number of aromatic nitrogens is 2. The molecule has 4 aliphatic heterocycles. The van der Waals surface area contributed by atoms with E-state index in [-0.39, 0.29) is 21.9 Å². The molecule has 1 unspecified atom stereocenters. The number of aryl methyl sites for hydroxylation is 1. The number of hydrogen-bond acceptors (Lipinski definition) is 7. The number of urea groups is 1. The van der Waals surface area contributed by atoms with Crippen molar-refractivity contribution in [3.63, 3.8) is 0 Å². The Kier molecular flexibility index (Phi) is 9.93. The number of rotatable bonds is 6. The van der Waals surface area contributed by atoms with Crippen LogP contribution >= 0.6 is 0 Å². The zero-order valence-electron chi connectivity index (χ0n) is 29.6. The first-order valence-electron chi connectivity index (χ1n) is 18.0. The van der Waals surface area contributed by atoms with Crippen LogP contribution in [0.5, 0.6) is 0 Å². The summed E-state index contributed by atoms with van der Waals surface area (Å²) < 4.78 is 60.9. The molecule has 286 valence electrons. The van der Waals surface area contributed by atoms with Crippen molar-refractivity contribution < 1.29 is 41.1 Å². The van der Waals surface area contributed by atoms with E-state index in [9.17, 15) is 31.2 Å². The van der Waals surface area contributed by atoms with E-state index in [2.05, 4.69) is 76.3 Å². The third kappa shape index (κ3) is 7.28. The van der Waals surface area contributed by atoms with Crippen LogP contribution in [-0.2, 0) is 20.2 Å². The van der Waals surface area contributed by atoms with Gasteiger partial charge in [-0.1, -0.05) is 42.5 Å². The minimum absolute atomic E-state index is 0.0327. The Morgan fingerprint density at radius 1 is 0.944 bits per heavy atom. The number of likely N-dealkylation sites (tertiary alicyclic amines) is 1. The summed E-state index contributed by atoms with van der Waals surface area (Å²) in [4.78, 5) is 43.9. The largest absolute Gasteiger partial charge is 0.490 e. The highest BCUT2D eigenvalue weighted by Gasteiger charge is 2.44. The van der Waals surface area contributed by atoms with Gasteiger partial charge in [-0.15, -0.1) is 0 Å². The first kappa shape index (κ1) is 37.4. The highest BCUT2D eigenvalue weighted by atomic mass is 32.2. The van der Waals surface area contributed by atoms with E-state index < -0.39 is 28.2 Å². The molecular weight excluding hydrogens is 726 g/mol. The Balaban J connectivity index is 0.000000588. The van der Waals surface area contributed by atoms with Crippen LogP contribution < -0.4 is 10.0 Å². The van der Waals surface area contributed by atoms with Crippen molar-refractivity contribution in [3.05, 3.63) is 89.7 Å². The van der Waals surface area contributed by atoms with E-state index in [1.54, 1.807) is 0 Å². The maximum Gasteiger partial charge on any atom is 0.490 e. The number of carbonyl (C=O) groups is 3. The number of sulfonamides is 1. The number of anilines is 1. The average Bonchev–Trinajstić information content (AvgIpc) is 3.60. The lowest BCUT2D eigenvalue weighted by atomic mass is 9.70. The standard InChI is InChI=1S/C36H40N6O4S.C2HF3O2/c1-24-37-30-9-5-6-10-32(30)42(24)29-22-27-12-13-28(23-29)41(27)20-17-36(26-7-3-2-4-8-26)15-18-40(19-16-36)34(43)25-11-14-33-31(21-25)38-35(44)39-47(33,45)46;3-2(4,5)1(6)7/h2-11,14,21,27-29H,12-13,15-20,22-23H2,1H3,(H2,38,39,44);(H,6,7)/t27-,28+,29?;. The summed E-state index contributed by atoms with van der Waals surface area (Å²) in [6.07, 6.45) is 2.45. The number of para-hydroxylation sites is 2. The fraction of sp³-hybridized carbons (Fsp3) is 0.421. The number of halogens is 3. The highest BCUT2D eigenvalue weighted by Crippen LogP contribution is 2.45. The molecule has 1 aromatic heterocycles. The smallest absolute Gasteiger partial charge is 0.475 e. The molecule has 16 heteroatoms. The van der Waals surface area contributed by atoms with Gasteiger partial charge in [0.15, 0.2) is 0 Å². The molecule has 3 amide bonds. The van der Waals surface area contributed by atoms with Gasteiger partial charge in [0.1, 0.15) is 10.7 Å². The molecule has 54 heavy (non-hydrogen) atoms. The van der Waals surface area contributed by atoms with Gasteiger partial charge in [0.25, 0.3) is 15.9 Å². The number of aliphatic carboxylic acids is 1. The Morgan fingerprint density at radius 3 is 2.22 bits per heavy atom. The van der Waals surface area contributed by atoms with Gasteiger partial charge in [0.05, 0.1) is 16.7 Å². The lowest BCUT2D eigenvalue weighted by Crippen LogP contribution is -2.49. The fourth-order valence-electron chi connectivity index (χ4n) is 8.91. The number of amides is 3. The average molecular weight is 767 g/mol. The van der Waals surface area contributed by atoms with Crippen LogP contribution in [0.3, 0.4) is 0 Å². The van der Waals surface area contributed by atoms with Crippen molar-refractivity contribution in [2.75, 3.05) is 25.0 Å².